The highest BCUT2D eigenvalue weighted by Gasteiger charge is 2.35. The van der Waals surface area contributed by atoms with Crippen LogP contribution in [0.1, 0.15) is 35.6 Å². The molecule has 28 heavy (non-hydrogen) atoms. The van der Waals surface area contributed by atoms with Gasteiger partial charge in [-0.3, -0.25) is 4.99 Å². The van der Waals surface area contributed by atoms with Crippen LogP contribution in [-0.4, -0.2) is 5.71 Å². The number of nitrogens with zero attached hydrogens (tertiary/aromatic N) is 1. The maximum Gasteiger partial charge on any atom is 0.0769 e. The van der Waals surface area contributed by atoms with Crippen LogP contribution >= 0.6 is 11.8 Å². The average Bonchev–Trinajstić information content (AvgIpc) is 2.93. The monoisotopic (exact) mass is 381 g/mol. The van der Waals surface area contributed by atoms with Gasteiger partial charge in [-0.05, 0) is 54.2 Å². The molecule has 1 fully saturated rings. The summed E-state index contributed by atoms with van der Waals surface area (Å²) in [4.78, 5) is 6.53. The second-order valence-corrected chi connectivity index (χ2v) is 8.68. The van der Waals surface area contributed by atoms with E-state index in [1.807, 2.05) is 11.8 Å². The third-order valence-electron chi connectivity index (χ3n) is 5.64. The van der Waals surface area contributed by atoms with Crippen LogP contribution in [0.15, 0.2) is 100 Å². The van der Waals surface area contributed by atoms with Gasteiger partial charge in [0, 0.05) is 21.8 Å². The van der Waals surface area contributed by atoms with E-state index in [0.29, 0.717) is 11.2 Å². The zero-order valence-electron chi connectivity index (χ0n) is 15.8. The van der Waals surface area contributed by atoms with Gasteiger partial charge < -0.3 is 0 Å². The Kier molecular flexibility index (Phi) is 4.88. The fraction of sp³-hybridized carbons (Fsp3) is 0.192. The van der Waals surface area contributed by atoms with Gasteiger partial charge in [0.05, 0.1) is 5.69 Å². The van der Waals surface area contributed by atoms with E-state index in [2.05, 4.69) is 91.0 Å². The molecule has 3 aromatic carbocycles. The highest BCUT2D eigenvalue weighted by atomic mass is 32.2. The van der Waals surface area contributed by atoms with Crippen LogP contribution in [0.25, 0.3) is 6.08 Å². The summed E-state index contributed by atoms with van der Waals surface area (Å²) in [6, 6.07) is 30.3. The summed E-state index contributed by atoms with van der Waals surface area (Å²) in [5.74, 6) is 0.448. The molecule has 0 N–H and O–H groups in total. The van der Waals surface area contributed by atoms with Gasteiger partial charge in [-0.25, -0.2) is 0 Å². The molecule has 3 aromatic rings. The second-order valence-electron chi connectivity index (χ2n) is 7.49. The first-order valence-electron chi connectivity index (χ1n) is 10.0. The van der Waals surface area contributed by atoms with Gasteiger partial charge in [-0.1, -0.05) is 72.8 Å². The van der Waals surface area contributed by atoms with E-state index < -0.39 is 0 Å². The SMILES string of the molecule is C(=C1/CCC[C@H]2C1=Nc1ccccc1S[C@@H]2c1ccccc1)/c1ccccc1. The highest BCUT2D eigenvalue weighted by molar-refractivity contribution is 7.99. The number of allylic oxidation sites excluding steroid dienone is 1. The lowest BCUT2D eigenvalue weighted by atomic mass is 9.79. The summed E-state index contributed by atoms with van der Waals surface area (Å²) in [6.45, 7) is 0. The van der Waals surface area contributed by atoms with E-state index in [4.69, 9.17) is 4.99 Å². The van der Waals surface area contributed by atoms with Crippen molar-refractivity contribution in [1.29, 1.82) is 0 Å². The maximum atomic E-state index is 5.24. The number of rotatable bonds is 2. The van der Waals surface area contributed by atoms with Crippen LogP contribution in [0.5, 0.6) is 0 Å². The minimum absolute atomic E-state index is 0.406. The molecule has 0 bridgehead atoms. The lowest BCUT2D eigenvalue weighted by Gasteiger charge is -2.31. The Morgan fingerprint density at radius 1 is 0.821 bits per heavy atom. The molecular weight excluding hydrogens is 358 g/mol. The third-order valence-corrected chi connectivity index (χ3v) is 7.09. The standard InChI is InChI=1S/C26H23NS/c1-3-10-19(11-4-1)18-21-14-9-15-22-25(21)27-23-16-7-8-17-24(23)28-26(22)20-12-5-2-6-13-20/h1-8,10-13,16-18,22,26H,9,14-15H2/b21-18+/t22-,26+/m0/s1. The van der Waals surface area contributed by atoms with Gasteiger partial charge in [0.1, 0.15) is 0 Å². The molecular formula is C26H23NS. The van der Waals surface area contributed by atoms with Crippen LogP contribution in [0.4, 0.5) is 5.69 Å². The molecule has 138 valence electrons. The van der Waals surface area contributed by atoms with Gasteiger partial charge in [-0.15, -0.1) is 11.8 Å². The zero-order chi connectivity index (χ0) is 18.8. The topological polar surface area (TPSA) is 12.4 Å². The molecule has 0 radical (unpaired) electrons. The normalized spacial score (nSPS) is 22.7. The van der Waals surface area contributed by atoms with Crippen molar-refractivity contribution in [1.82, 2.24) is 0 Å². The molecule has 2 atom stereocenters. The average molecular weight is 382 g/mol. The minimum Gasteiger partial charge on any atom is -0.252 e. The Balaban J connectivity index is 1.64. The van der Waals surface area contributed by atoms with Crippen LogP contribution in [-0.2, 0) is 0 Å². The van der Waals surface area contributed by atoms with Gasteiger partial charge >= 0.3 is 0 Å². The number of fused-ring (bicyclic) bond motifs is 2. The summed E-state index contributed by atoms with van der Waals surface area (Å²) in [6.07, 6.45) is 5.89. The third kappa shape index (κ3) is 3.45. The Morgan fingerprint density at radius 2 is 1.54 bits per heavy atom. The highest BCUT2D eigenvalue weighted by Crippen LogP contribution is 2.51. The van der Waals surface area contributed by atoms with Gasteiger partial charge in [0.15, 0.2) is 0 Å². The van der Waals surface area contributed by atoms with E-state index in [0.717, 1.165) is 12.1 Å². The van der Waals surface area contributed by atoms with Gasteiger partial charge in [0.2, 0.25) is 0 Å². The molecule has 1 aliphatic carbocycles. The fourth-order valence-electron chi connectivity index (χ4n) is 4.30. The molecule has 0 aromatic heterocycles. The molecule has 5 rings (SSSR count). The molecule has 0 spiro atoms. The van der Waals surface area contributed by atoms with Crippen LogP contribution in [0, 0.1) is 5.92 Å². The number of thioether (sulfide) groups is 1. The molecule has 0 unspecified atom stereocenters. The van der Waals surface area contributed by atoms with E-state index in [1.165, 1.54) is 40.1 Å². The van der Waals surface area contributed by atoms with Gasteiger partial charge in [-0.2, -0.15) is 0 Å². The van der Waals surface area contributed by atoms with Crippen molar-refractivity contribution >= 4 is 29.2 Å². The number of para-hydroxylation sites is 1. The Hall–Kier alpha value is -2.58. The number of hydrogen-bond acceptors (Lipinski definition) is 2. The minimum atomic E-state index is 0.406. The lowest BCUT2D eigenvalue weighted by molar-refractivity contribution is 0.555. The van der Waals surface area contributed by atoms with Crippen molar-refractivity contribution in [3.63, 3.8) is 0 Å². The first-order chi connectivity index (χ1) is 13.9. The van der Waals surface area contributed by atoms with Crippen LogP contribution < -0.4 is 0 Å². The van der Waals surface area contributed by atoms with E-state index >= 15 is 0 Å². The van der Waals surface area contributed by atoms with Crippen LogP contribution in [0.3, 0.4) is 0 Å². The van der Waals surface area contributed by atoms with E-state index in [1.54, 1.807) is 0 Å². The predicted octanol–water partition coefficient (Wildman–Crippen LogP) is 7.49. The second kappa shape index (κ2) is 7.81. The Labute approximate surface area is 171 Å². The summed E-state index contributed by atoms with van der Waals surface area (Å²) in [5.41, 5.74) is 6.49. The molecule has 0 amide bonds. The summed E-state index contributed by atoms with van der Waals surface area (Å²) >= 11 is 1.98. The van der Waals surface area contributed by atoms with E-state index in [9.17, 15) is 0 Å². The fourth-order valence-corrected chi connectivity index (χ4v) is 5.69. The van der Waals surface area contributed by atoms with Crippen molar-refractivity contribution in [3.05, 3.63) is 102 Å². The molecule has 1 nitrogen and oxygen atoms in total. The Bertz CT molecular complexity index is 1020. The summed E-state index contributed by atoms with van der Waals surface area (Å²) < 4.78 is 0. The maximum absolute atomic E-state index is 5.24. The van der Waals surface area contributed by atoms with Crippen molar-refractivity contribution < 1.29 is 0 Å². The first-order valence-corrected chi connectivity index (χ1v) is 10.9. The van der Waals surface area contributed by atoms with Crippen LogP contribution in [0.2, 0.25) is 0 Å². The number of benzene rings is 3. The van der Waals surface area contributed by atoms with Crippen molar-refractivity contribution in [2.45, 2.75) is 29.4 Å². The van der Waals surface area contributed by atoms with Crippen molar-refractivity contribution in [2.75, 3.05) is 0 Å². The molecule has 1 saturated carbocycles. The largest absolute Gasteiger partial charge is 0.252 e. The smallest absolute Gasteiger partial charge is 0.0769 e. The molecule has 2 aliphatic rings. The first kappa shape index (κ1) is 17.5. The van der Waals surface area contributed by atoms with Crippen molar-refractivity contribution in [2.24, 2.45) is 10.9 Å². The summed E-state index contributed by atoms with van der Waals surface area (Å²) in [7, 11) is 0. The lowest BCUT2D eigenvalue weighted by Crippen LogP contribution is -2.25. The number of hydrogen-bond donors (Lipinski definition) is 0. The Morgan fingerprint density at radius 3 is 2.36 bits per heavy atom. The molecule has 1 heterocycles. The molecule has 1 aliphatic heterocycles. The van der Waals surface area contributed by atoms with E-state index in [-0.39, 0.29) is 0 Å². The van der Waals surface area contributed by atoms with Gasteiger partial charge in [0.25, 0.3) is 0 Å². The summed E-state index contributed by atoms with van der Waals surface area (Å²) in [5, 5.41) is 0.406. The quantitative estimate of drug-likeness (QED) is 0.448. The predicted molar refractivity (Wildman–Crippen MR) is 120 cm³/mol. The number of aliphatic imine (C=N–C) groups is 1. The molecule has 0 saturated heterocycles. The molecule has 2 heteroatoms. The zero-order valence-corrected chi connectivity index (χ0v) is 16.6. The van der Waals surface area contributed by atoms with Crippen molar-refractivity contribution in [3.8, 4) is 0 Å².